The number of rotatable bonds is 4. The van der Waals surface area contributed by atoms with Crippen molar-refractivity contribution in [1.82, 2.24) is 4.90 Å². The zero-order valence-corrected chi connectivity index (χ0v) is 16.4. The molecular formula is C18H21Cl2N3O4. The molecule has 0 spiro atoms. The van der Waals surface area contributed by atoms with Crippen LogP contribution in [0.5, 0.6) is 0 Å². The molecule has 0 aliphatic rings. The highest BCUT2D eigenvalue weighted by atomic mass is 35.5. The zero-order valence-electron chi connectivity index (χ0n) is 14.9. The number of aliphatic carboxylic acids is 1. The van der Waals surface area contributed by atoms with Crippen molar-refractivity contribution in [3.05, 3.63) is 59.7 Å². The Hall–Kier alpha value is -2.61. The normalized spacial score (nSPS) is 9.37. The minimum Gasteiger partial charge on any atom is -0.480 e. The molecule has 2 aromatic carbocycles. The number of carboxylic acid groups (broad SMARTS) is 1. The maximum atomic E-state index is 10.6. The van der Waals surface area contributed by atoms with Gasteiger partial charge in [0.05, 0.1) is 6.54 Å². The number of carbonyl (C=O) groups is 3. The number of carboxylic acids is 1. The third-order valence-corrected chi connectivity index (χ3v) is 3.12. The molecule has 9 heteroatoms. The SMILES string of the molecule is CN(C)CC(=O)O.Nc1cccc(N)c1.O=C(Cl)c1cccc(C(=O)Cl)c1. The Morgan fingerprint density at radius 1 is 0.889 bits per heavy atom. The van der Waals surface area contributed by atoms with Crippen LogP contribution in [-0.2, 0) is 4.79 Å². The van der Waals surface area contributed by atoms with Crippen LogP contribution in [0.15, 0.2) is 48.5 Å². The Balaban J connectivity index is 0.000000395. The first kappa shape index (κ1) is 24.4. The molecule has 7 nitrogen and oxygen atoms in total. The van der Waals surface area contributed by atoms with E-state index in [9.17, 15) is 14.4 Å². The van der Waals surface area contributed by atoms with Crippen molar-refractivity contribution in [2.75, 3.05) is 32.1 Å². The van der Waals surface area contributed by atoms with Crippen molar-refractivity contribution in [3.63, 3.8) is 0 Å². The van der Waals surface area contributed by atoms with Gasteiger partial charge in [0.25, 0.3) is 10.5 Å². The van der Waals surface area contributed by atoms with Crippen molar-refractivity contribution < 1.29 is 19.5 Å². The highest BCUT2D eigenvalue weighted by molar-refractivity contribution is 6.69. The molecule has 146 valence electrons. The van der Waals surface area contributed by atoms with E-state index in [0.717, 1.165) is 0 Å². The first-order valence-corrected chi connectivity index (χ1v) is 8.25. The van der Waals surface area contributed by atoms with E-state index in [2.05, 4.69) is 0 Å². The summed E-state index contributed by atoms with van der Waals surface area (Å²) in [6.07, 6.45) is 0. The minimum atomic E-state index is -0.787. The molecule has 0 amide bonds. The molecule has 0 unspecified atom stereocenters. The predicted molar refractivity (Wildman–Crippen MR) is 108 cm³/mol. The Morgan fingerprint density at radius 3 is 1.52 bits per heavy atom. The molecule has 5 N–H and O–H groups in total. The third-order valence-electron chi connectivity index (χ3n) is 2.68. The number of nitrogen functional groups attached to an aromatic ring is 2. The van der Waals surface area contributed by atoms with Gasteiger partial charge in [0, 0.05) is 22.5 Å². The molecule has 0 fully saturated rings. The first-order valence-electron chi connectivity index (χ1n) is 7.50. The Labute approximate surface area is 167 Å². The molecule has 0 saturated carbocycles. The standard InChI is InChI=1S/C8H4Cl2O2.C6H8N2.C4H9NO2/c9-7(11)5-2-1-3-6(4-5)8(10)12;7-5-2-1-3-6(8)4-5;1-5(2)3-4(6)7/h1-4H;1-4H,7-8H2;3H2,1-2H3,(H,6,7). The number of nitrogens with zero attached hydrogens (tertiary/aromatic N) is 1. The maximum Gasteiger partial charge on any atom is 0.317 e. The molecule has 0 saturated heterocycles. The van der Waals surface area contributed by atoms with Gasteiger partial charge < -0.3 is 16.6 Å². The second-order valence-electron chi connectivity index (χ2n) is 5.43. The predicted octanol–water partition coefficient (Wildman–Crippen LogP) is 2.93. The number of anilines is 2. The second-order valence-corrected chi connectivity index (χ2v) is 6.12. The molecule has 0 radical (unpaired) electrons. The molecular weight excluding hydrogens is 393 g/mol. The Kier molecular flexibility index (Phi) is 11.5. The van der Waals surface area contributed by atoms with Gasteiger partial charge in [-0.3, -0.25) is 19.3 Å². The van der Waals surface area contributed by atoms with E-state index in [0.29, 0.717) is 11.4 Å². The quantitative estimate of drug-likeness (QED) is 0.519. The lowest BCUT2D eigenvalue weighted by Crippen LogP contribution is -2.20. The van der Waals surface area contributed by atoms with Crippen LogP contribution in [0, 0.1) is 0 Å². The van der Waals surface area contributed by atoms with Crippen LogP contribution in [0.2, 0.25) is 0 Å². The maximum absolute atomic E-state index is 10.6. The van der Waals surface area contributed by atoms with E-state index in [1.807, 2.05) is 6.07 Å². The van der Waals surface area contributed by atoms with Crippen LogP contribution < -0.4 is 11.5 Å². The minimum absolute atomic E-state index is 0.111. The topological polar surface area (TPSA) is 127 Å². The summed E-state index contributed by atoms with van der Waals surface area (Å²) in [5, 5.41) is 6.84. The largest absolute Gasteiger partial charge is 0.480 e. The average molecular weight is 414 g/mol. The molecule has 0 aliphatic heterocycles. The van der Waals surface area contributed by atoms with Gasteiger partial charge >= 0.3 is 5.97 Å². The molecule has 0 aromatic heterocycles. The van der Waals surface area contributed by atoms with Crippen LogP contribution in [0.3, 0.4) is 0 Å². The van der Waals surface area contributed by atoms with Gasteiger partial charge in [0.2, 0.25) is 0 Å². The Bertz CT molecular complexity index is 736. The fourth-order valence-electron chi connectivity index (χ4n) is 1.59. The molecule has 0 aliphatic carbocycles. The molecule has 2 rings (SSSR count). The van der Waals surface area contributed by atoms with Gasteiger partial charge in [-0.2, -0.15) is 0 Å². The van der Waals surface area contributed by atoms with E-state index in [1.165, 1.54) is 18.2 Å². The number of carbonyl (C=O) groups excluding carboxylic acids is 2. The van der Waals surface area contributed by atoms with Gasteiger partial charge in [-0.15, -0.1) is 0 Å². The summed E-state index contributed by atoms with van der Waals surface area (Å²) in [5.41, 5.74) is 12.7. The van der Waals surface area contributed by atoms with E-state index in [4.69, 9.17) is 39.8 Å². The summed E-state index contributed by atoms with van der Waals surface area (Å²) >= 11 is 10.4. The van der Waals surface area contributed by atoms with Crippen molar-refractivity contribution >= 4 is 51.0 Å². The van der Waals surface area contributed by atoms with Crippen LogP contribution in [0.1, 0.15) is 20.7 Å². The first-order chi connectivity index (χ1) is 12.5. The van der Waals surface area contributed by atoms with Gasteiger partial charge in [-0.25, -0.2) is 0 Å². The van der Waals surface area contributed by atoms with Gasteiger partial charge in [-0.1, -0.05) is 24.3 Å². The molecule has 0 bridgehead atoms. The van der Waals surface area contributed by atoms with Crippen molar-refractivity contribution in [2.45, 2.75) is 0 Å². The fraction of sp³-hybridized carbons (Fsp3) is 0.167. The summed E-state index contributed by atoms with van der Waals surface area (Å²) in [6, 6.07) is 13.1. The van der Waals surface area contributed by atoms with E-state index in [1.54, 1.807) is 43.3 Å². The van der Waals surface area contributed by atoms with Crippen LogP contribution in [0.25, 0.3) is 0 Å². The lowest BCUT2D eigenvalue weighted by molar-refractivity contribution is -0.137. The lowest BCUT2D eigenvalue weighted by atomic mass is 10.1. The number of benzene rings is 2. The summed E-state index contributed by atoms with van der Waals surface area (Å²) in [4.78, 5) is 32.6. The Morgan fingerprint density at radius 2 is 1.30 bits per heavy atom. The monoisotopic (exact) mass is 413 g/mol. The van der Waals surface area contributed by atoms with Gasteiger partial charge in [-0.05, 0) is 61.6 Å². The molecule has 0 heterocycles. The number of hydrogen-bond donors (Lipinski definition) is 3. The van der Waals surface area contributed by atoms with Crippen molar-refractivity contribution in [1.29, 1.82) is 0 Å². The smallest absolute Gasteiger partial charge is 0.317 e. The number of likely N-dealkylation sites (N-methyl/N-ethyl adjacent to an activating group) is 1. The highest BCUT2D eigenvalue weighted by Gasteiger charge is 2.05. The van der Waals surface area contributed by atoms with E-state index >= 15 is 0 Å². The molecule has 27 heavy (non-hydrogen) atoms. The van der Waals surface area contributed by atoms with E-state index in [-0.39, 0.29) is 17.7 Å². The zero-order chi connectivity index (χ0) is 21.0. The van der Waals surface area contributed by atoms with Crippen molar-refractivity contribution in [3.8, 4) is 0 Å². The number of nitrogens with two attached hydrogens (primary N) is 2. The summed E-state index contributed by atoms with van der Waals surface area (Å²) in [7, 11) is 3.43. The summed E-state index contributed by atoms with van der Waals surface area (Å²) < 4.78 is 0. The summed E-state index contributed by atoms with van der Waals surface area (Å²) in [5.74, 6) is -0.787. The lowest BCUT2D eigenvalue weighted by Gasteiger charge is -2.01. The van der Waals surface area contributed by atoms with Crippen LogP contribution in [0.4, 0.5) is 11.4 Å². The fourth-order valence-corrected chi connectivity index (χ4v) is 1.83. The second kappa shape index (κ2) is 12.7. The molecule has 0 atom stereocenters. The summed E-state index contributed by atoms with van der Waals surface area (Å²) in [6.45, 7) is 0.111. The van der Waals surface area contributed by atoms with Crippen LogP contribution in [-0.4, -0.2) is 47.1 Å². The van der Waals surface area contributed by atoms with Gasteiger partial charge in [0.15, 0.2) is 0 Å². The molecule has 2 aromatic rings. The van der Waals surface area contributed by atoms with Crippen molar-refractivity contribution in [2.24, 2.45) is 0 Å². The average Bonchev–Trinajstić information content (AvgIpc) is 2.54. The number of hydrogen-bond acceptors (Lipinski definition) is 6. The number of halogens is 2. The highest BCUT2D eigenvalue weighted by Crippen LogP contribution is 2.09. The van der Waals surface area contributed by atoms with Crippen LogP contribution >= 0.6 is 23.2 Å². The third kappa shape index (κ3) is 12.4. The van der Waals surface area contributed by atoms with E-state index < -0.39 is 16.5 Å². The van der Waals surface area contributed by atoms with Gasteiger partial charge in [0.1, 0.15) is 0 Å².